The molecule has 1 amide bonds. The molecule has 0 atom stereocenters. The topological polar surface area (TPSA) is 105 Å². The van der Waals surface area contributed by atoms with Gasteiger partial charge in [-0.3, -0.25) is 14.9 Å². The van der Waals surface area contributed by atoms with Crippen LogP contribution in [0.5, 0.6) is 5.75 Å². The molecule has 0 heterocycles. The third-order valence-electron chi connectivity index (χ3n) is 5.38. The highest BCUT2D eigenvalue weighted by atomic mass is 79.9. The summed E-state index contributed by atoms with van der Waals surface area (Å²) in [5, 5.41) is 25.0. The number of rotatable bonds is 7. The number of carbonyl (C=O) groups excluding carboxylic acids is 1. The van der Waals surface area contributed by atoms with Gasteiger partial charge in [0.15, 0.2) is 0 Å². The van der Waals surface area contributed by atoms with Crippen LogP contribution in [0.1, 0.15) is 11.1 Å². The summed E-state index contributed by atoms with van der Waals surface area (Å²) in [5.41, 5.74) is 0.852. The molecule has 0 aliphatic carbocycles. The van der Waals surface area contributed by atoms with Crippen molar-refractivity contribution in [2.24, 2.45) is 0 Å². The van der Waals surface area contributed by atoms with Gasteiger partial charge in [0.05, 0.1) is 20.7 Å². The third kappa shape index (κ3) is 6.09. The predicted octanol–water partition coefficient (Wildman–Crippen LogP) is 7.94. The van der Waals surface area contributed by atoms with Gasteiger partial charge in [-0.2, -0.15) is 5.26 Å². The first-order chi connectivity index (χ1) is 17.8. The van der Waals surface area contributed by atoms with E-state index in [0.29, 0.717) is 11.3 Å². The van der Waals surface area contributed by atoms with E-state index < -0.39 is 10.8 Å². The number of anilines is 1. The van der Waals surface area contributed by atoms with E-state index in [4.69, 9.17) is 27.9 Å². The first-order valence-electron chi connectivity index (χ1n) is 10.7. The van der Waals surface area contributed by atoms with Gasteiger partial charge in [0.1, 0.15) is 24.0 Å². The number of nitro groups is 1. The fourth-order valence-electron chi connectivity index (χ4n) is 3.61. The number of nitriles is 1. The predicted molar refractivity (Wildman–Crippen MR) is 148 cm³/mol. The minimum Gasteiger partial charge on any atom is -0.488 e. The number of non-ortho nitro benzene ring substituents is 1. The van der Waals surface area contributed by atoms with Crippen molar-refractivity contribution in [3.05, 3.63) is 114 Å². The Morgan fingerprint density at radius 2 is 1.78 bits per heavy atom. The summed E-state index contributed by atoms with van der Waals surface area (Å²) in [6.07, 6.45) is 1.38. The van der Waals surface area contributed by atoms with Crippen molar-refractivity contribution in [2.45, 2.75) is 6.61 Å². The van der Waals surface area contributed by atoms with Crippen LogP contribution in [0, 0.1) is 21.4 Å². The van der Waals surface area contributed by atoms with Crippen molar-refractivity contribution in [2.75, 3.05) is 5.32 Å². The Kier molecular flexibility index (Phi) is 8.09. The Morgan fingerprint density at radius 3 is 2.49 bits per heavy atom. The molecule has 184 valence electrons. The van der Waals surface area contributed by atoms with Gasteiger partial charge in [0, 0.05) is 22.2 Å². The number of ether oxygens (including phenoxy) is 1. The van der Waals surface area contributed by atoms with Gasteiger partial charge in [0.25, 0.3) is 11.6 Å². The molecular weight excluding hydrogens is 581 g/mol. The van der Waals surface area contributed by atoms with Gasteiger partial charge in [-0.25, -0.2) is 0 Å². The van der Waals surface area contributed by atoms with Crippen LogP contribution in [0.15, 0.2) is 82.8 Å². The lowest BCUT2D eigenvalue weighted by Crippen LogP contribution is -2.14. The lowest BCUT2D eigenvalue weighted by molar-refractivity contribution is -0.384. The zero-order valence-corrected chi connectivity index (χ0v) is 22.0. The van der Waals surface area contributed by atoms with Crippen LogP contribution in [0.2, 0.25) is 10.0 Å². The molecule has 0 saturated carbocycles. The number of benzene rings is 4. The van der Waals surface area contributed by atoms with Crippen LogP contribution >= 0.6 is 39.1 Å². The molecular formula is C27H16BrCl2N3O4. The van der Waals surface area contributed by atoms with Crippen molar-refractivity contribution >= 4 is 73.3 Å². The quantitative estimate of drug-likeness (QED) is 0.101. The molecule has 0 aliphatic heterocycles. The SMILES string of the molecule is N#C/C(=C\c1cc(Br)ccc1OCc1cccc2ccccc12)C(=O)Nc1c(Cl)cc([N+](=O)[O-])cc1Cl. The summed E-state index contributed by atoms with van der Waals surface area (Å²) in [4.78, 5) is 23.2. The molecule has 4 aromatic carbocycles. The number of amides is 1. The zero-order chi connectivity index (χ0) is 26.5. The summed E-state index contributed by atoms with van der Waals surface area (Å²) >= 11 is 15.6. The Balaban J connectivity index is 1.61. The molecule has 0 radical (unpaired) electrons. The number of halogens is 3. The van der Waals surface area contributed by atoms with Crippen LogP contribution in [0.25, 0.3) is 16.8 Å². The Bertz CT molecular complexity index is 1590. The normalized spacial score (nSPS) is 11.1. The maximum absolute atomic E-state index is 12.9. The highest BCUT2D eigenvalue weighted by Crippen LogP contribution is 2.35. The fraction of sp³-hybridized carbons (Fsp3) is 0.0370. The second-order valence-electron chi connectivity index (χ2n) is 7.77. The number of carbonyl (C=O) groups is 1. The molecule has 4 rings (SSSR count). The first kappa shape index (κ1) is 26.2. The van der Waals surface area contributed by atoms with E-state index in [9.17, 15) is 20.2 Å². The smallest absolute Gasteiger partial charge is 0.272 e. The average Bonchev–Trinajstić information content (AvgIpc) is 2.88. The minimum atomic E-state index is -0.792. The van der Waals surface area contributed by atoms with Crippen LogP contribution in [-0.4, -0.2) is 10.8 Å². The lowest BCUT2D eigenvalue weighted by atomic mass is 10.1. The van der Waals surface area contributed by atoms with Crippen molar-refractivity contribution in [3.8, 4) is 11.8 Å². The molecule has 0 bridgehead atoms. The first-order valence-corrected chi connectivity index (χ1v) is 12.3. The van der Waals surface area contributed by atoms with Gasteiger partial charge in [0.2, 0.25) is 0 Å². The van der Waals surface area contributed by atoms with Crippen LogP contribution in [0.3, 0.4) is 0 Å². The Morgan fingerprint density at radius 1 is 1.08 bits per heavy atom. The molecule has 10 heteroatoms. The molecule has 37 heavy (non-hydrogen) atoms. The van der Waals surface area contributed by atoms with Gasteiger partial charge < -0.3 is 10.1 Å². The second kappa shape index (κ2) is 11.4. The minimum absolute atomic E-state index is 0.0400. The van der Waals surface area contributed by atoms with E-state index >= 15 is 0 Å². The van der Waals surface area contributed by atoms with Crippen molar-refractivity contribution in [1.29, 1.82) is 5.26 Å². The summed E-state index contributed by atoms with van der Waals surface area (Å²) in [5.74, 6) is -0.330. The molecule has 0 aromatic heterocycles. The highest BCUT2D eigenvalue weighted by molar-refractivity contribution is 9.10. The van der Waals surface area contributed by atoms with Crippen LogP contribution in [0.4, 0.5) is 11.4 Å². The number of nitrogens with one attached hydrogen (secondary N) is 1. The number of nitro benzene ring substituents is 1. The Labute approximate surface area is 230 Å². The molecule has 1 N–H and O–H groups in total. The van der Waals surface area contributed by atoms with Gasteiger partial charge in [-0.05, 0) is 40.6 Å². The summed E-state index contributed by atoms with van der Waals surface area (Å²) in [6.45, 7) is 0.270. The van der Waals surface area contributed by atoms with E-state index in [-0.39, 0.29) is 33.6 Å². The summed E-state index contributed by atoms with van der Waals surface area (Å²) < 4.78 is 6.81. The molecule has 0 saturated heterocycles. The maximum Gasteiger partial charge on any atom is 0.272 e. The number of fused-ring (bicyclic) bond motifs is 1. The molecule has 4 aromatic rings. The zero-order valence-electron chi connectivity index (χ0n) is 18.9. The average molecular weight is 597 g/mol. The third-order valence-corrected chi connectivity index (χ3v) is 6.47. The lowest BCUT2D eigenvalue weighted by Gasteiger charge is -2.13. The fourth-order valence-corrected chi connectivity index (χ4v) is 4.56. The molecule has 7 nitrogen and oxygen atoms in total. The maximum atomic E-state index is 12.9. The van der Waals surface area contributed by atoms with Gasteiger partial charge >= 0.3 is 0 Å². The van der Waals surface area contributed by atoms with Gasteiger partial charge in [-0.1, -0.05) is 81.6 Å². The highest BCUT2D eigenvalue weighted by Gasteiger charge is 2.19. The van der Waals surface area contributed by atoms with E-state index in [1.807, 2.05) is 48.5 Å². The monoisotopic (exact) mass is 595 g/mol. The largest absolute Gasteiger partial charge is 0.488 e. The molecule has 0 spiro atoms. The van der Waals surface area contributed by atoms with Crippen LogP contribution in [-0.2, 0) is 11.4 Å². The van der Waals surface area contributed by atoms with Gasteiger partial charge in [-0.15, -0.1) is 0 Å². The standard InChI is InChI=1S/C27H16BrCl2N3O4/c28-20-8-9-25(37-15-17-6-3-5-16-4-1-2-7-22(16)17)18(11-20)10-19(14-31)27(34)32-26-23(29)12-21(33(35)36)13-24(26)30/h1-13H,15H2,(H,32,34)/b19-10+. The van der Waals surface area contributed by atoms with E-state index in [1.54, 1.807) is 18.2 Å². The van der Waals surface area contributed by atoms with Crippen molar-refractivity contribution in [3.63, 3.8) is 0 Å². The summed E-state index contributed by atoms with van der Waals surface area (Å²) in [7, 11) is 0. The Hall–Kier alpha value is -3.90. The van der Waals surface area contributed by atoms with E-state index in [2.05, 4.69) is 21.2 Å². The summed E-state index contributed by atoms with van der Waals surface area (Å²) in [6, 6.07) is 23.1. The number of nitrogens with zero attached hydrogens (tertiary/aromatic N) is 2. The molecule has 0 aliphatic rings. The van der Waals surface area contributed by atoms with Crippen molar-refractivity contribution in [1.82, 2.24) is 0 Å². The van der Waals surface area contributed by atoms with Crippen LogP contribution < -0.4 is 10.1 Å². The second-order valence-corrected chi connectivity index (χ2v) is 9.50. The van der Waals surface area contributed by atoms with E-state index in [0.717, 1.165) is 32.9 Å². The number of hydrogen-bond acceptors (Lipinski definition) is 5. The molecule has 0 unspecified atom stereocenters. The van der Waals surface area contributed by atoms with E-state index in [1.165, 1.54) is 6.08 Å². The molecule has 0 fully saturated rings. The number of hydrogen-bond donors (Lipinski definition) is 1. The van der Waals surface area contributed by atoms with Crippen molar-refractivity contribution < 1.29 is 14.5 Å².